The van der Waals surface area contributed by atoms with Crippen LogP contribution in [0.15, 0.2) is 36.4 Å². The number of hydrogen-bond acceptors (Lipinski definition) is 3. The van der Waals surface area contributed by atoms with Crippen molar-refractivity contribution in [2.75, 3.05) is 6.61 Å². The third kappa shape index (κ3) is 5.63. The molecule has 0 saturated heterocycles. The number of rotatable bonds is 6. The lowest BCUT2D eigenvalue weighted by Crippen LogP contribution is -2.17. The van der Waals surface area contributed by atoms with Crippen LogP contribution < -0.4 is 4.74 Å². The molecule has 1 aromatic rings. The number of nitro groups is 1. The minimum Gasteiger partial charge on any atom is -0.489 e. The Labute approximate surface area is 108 Å². The highest BCUT2D eigenvalue weighted by Crippen LogP contribution is 2.19. The molecular formula is C13H19NO3Si. The van der Waals surface area contributed by atoms with Crippen LogP contribution in [0.2, 0.25) is 25.7 Å². The largest absolute Gasteiger partial charge is 0.489 e. The van der Waals surface area contributed by atoms with Crippen LogP contribution in [0.5, 0.6) is 5.75 Å². The van der Waals surface area contributed by atoms with Gasteiger partial charge in [-0.25, -0.2) is 0 Å². The van der Waals surface area contributed by atoms with Crippen molar-refractivity contribution in [2.45, 2.75) is 25.7 Å². The average molecular weight is 265 g/mol. The van der Waals surface area contributed by atoms with Gasteiger partial charge >= 0.3 is 0 Å². The molecular weight excluding hydrogens is 246 g/mol. The molecule has 0 bridgehead atoms. The number of nitrogens with zero attached hydrogens (tertiary/aromatic N) is 1. The molecule has 0 heterocycles. The number of benzene rings is 1. The van der Waals surface area contributed by atoms with E-state index in [1.165, 1.54) is 12.1 Å². The second kappa shape index (κ2) is 6.35. The molecule has 4 nitrogen and oxygen atoms in total. The van der Waals surface area contributed by atoms with Crippen molar-refractivity contribution < 1.29 is 9.66 Å². The predicted octanol–water partition coefficient (Wildman–Crippen LogP) is 3.87. The van der Waals surface area contributed by atoms with E-state index < -0.39 is 13.0 Å². The average Bonchev–Trinajstić information content (AvgIpc) is 2.27. The van der Waals surface area contributed by atoms with Crippen molar-refractivity contribution in [1.82, 2.24) is 0 Å². The molecule has 0 aliphatic rings. The summed E-state index contributed by atoms with van der Waals surface area (Å²) in [5, 5.41) is 10.6. The minimum absolute atomic E-state index is 0.0542. The van der Waals surface area contributed by atoms with Crippen LogP contribution in [0.3, 0.4) is 0 Å². The van der Waals surface area contributed by atoms with E-state index in [4.69, 9.17) is 4.74 Å². The maximum absolute atomic E-state index is 10.6. The van der Waals surface area contributed by atoms with Gasteiger partial charge in [0.05, 0.1) is 11.0 Å². The van der Waals surface area contributed by atoms with Gasteiger partial charge in [0, 0.05) is 14.1 Å². The first-order valence-corrected chi connectivity index (χ1v) is 9.61. The molecule has 1 rings (SSSR count). The molecule has 98 valence electrons. The summed E-state index contributed by atoms with van der Waals surface area (Å²) < 4.78 is 5.44. The van der Waals surface area contributed by atoms with Crippen molar-refractivity contribution in [2.24, 2.45) is 0 Å². The van der Waals surface area contributed by atoms with Crippen LogP contribution in [0.4, 0.5) is 5.69 Å². The normalized spacial score (nSPS) is 11.7. The van der Waals surface area contributed by atoms with E-state index in [2.05, 4.69) is 25.7 Å². The summed E-state index contributed by atoms with van der Waals surface area (Å²) in [5.74, 6) is 0.529. The molecule has 0 atom stereocenters. The van der Waals surface area contributed by atoms with Crippen LogP contribution in [0.25, 0.3) is 0 Å². The van der Waals surface area contributed by atoms with E-state index in [0.29, 0.717) is 12.4 Å². The van der Waals surface area contributed by atoms with Gasteiger partial charge in [-0.1, -0.05) is 37.9 Å². The smallest absolute Gasteiger partial charge is 0.273 e. The van der Waals surface area contributed by atoms with Crippen molar-refractivity contribution in [1.29, 1.82) is 0 Å². The van der Waals surface area contributed by atoms with Gasteiger partial charge in [-0.15, -0.1) is 0 Å². The topological polar surface area (TPSA) is 52.4 Å². The van der Waals surface area contributed by atoms with Crippen LogP contribution in [0.1, 0.15) is 0 Å². The van der Waals surface area contributed by atoms with E-state index in [1.807, 2.05) is 6.08 Å². The maximum Gasteiger partial charge on any atom is 0.273 e. The van der Waals surface area contributed by atoms with Gasteiger partial charge in [0.2, 0.25) is 0 Å². The highest BCUT2D eigenvalue weighted by Gasteiger charge is 2.09. The van der Waals surface area contributed by atoms with Crippen LogP contribution in [-0.2, 0) is 0 Å². The standard InChI is InChI=1S/C13H19NO3Si/c1-18(2,3)10-5-4-9-17-13-8-6-7-12(11-13)14(15)16/h4-8,11H,9-10H2,1-3H3. The van der Waals surface area contributed by atoms with Gasteiger partial charge in [0.25, 0.3) is 5.69 Å². The van der Waals surface area contributed by atoms with Crippen LogP contribution in [-0.4, -0.2) is 19.6 Å². The Balaban J connectivity index is 2.44. The number of ether oxygens (including phenoxy) is 1. The Morgan fingerprint density at radius 2 is 2.06 bits per heavy atom. The summed E-state index contributed by atoms with van der Waals surface area (Å²) in [6, 6.07) is 7.35. The Bertz CT molecular complexity index is 438. The molecule has 0 aromatic heterocycles. The quantitative estimate of drug-likeness (QED) is 0.339. The van der Waals surface area contributed by atoms with Gasteiger partial charge < -0.3 is 4.74 Å². The predicted molar refractivity (Wildman–Crippen MR) is 75.9 cm³/mol. The number of allylic oxidation sites excluding steroid dienone is 1. The first-order chi connectivity index (χ1) is 8.38. The van der Waals surface area contributed by atoms with E-state index >= 15 is 0 Å². The highest BCUT2D eigenvalue weighted by molar-refractivity contribution is 6.76. The van der Waals surface area contributed by atoms with Gasteiger partial charge in [0.1, 0.15) is 12.4 Å². The fraction of sp³-hybridized carbons (Fsp3) is 0.385. The minimum atomic E-state index is -1.04. The molecule has 0 N–H and O–H groups in total. The van der Waals surface area contributed by atoms with Gasteiger partial charge in [-0.2, -0.15) is 0 Å². The molecule has 18 heavy (non-hydrogen) atoms. The Hall–Kier alpha value is -1.62. The lowest BCUT2D eigenvalue weighted by molar-refractivity contribution is -0.384. The molecule has 1 aromatic carbocycles. The van der Waals surface area contributed by atoms with Crippen LogP contribution in [0, 0.1) is 10.1 Å². The molecule has 0 saturated carbocycles. The molecule has 0 unspecified atom stereocenters. The lowest BCUT2D eigenvalue weighted by Gasteiger charge is -2.11. The fourth-order valence-corrected chi connectivity index (χ4v) is 2.21. The second-order valence-corrected chi connectivity index (χ2v) is 10.8. The van der Waals surface area contributed by atoms with Crippen LogP contribution >= 0.6 is 0 Å². The molecule has 0 aliphatic heterocycles. The zero-order chi connectivity index (χ0) is 13.6. The third-order valence-electron chi connectivity index (χ3n) is 2.27. The zero-order valence-corrected chi connectivity index (χ0v) is 12.1. The molecule has 0 amide bonds. The van der Waals surface area contributed by atoms with E-state index in [0.717, 1.165) is 6.04 Å². The Kier molecular flexibility index (Phi) is 5.09. The summed E-state index contributed by atoms with van der Waals surface area (Å²) in [5.41, 5.74) is 0.0542. The monoisotopic (exact) mass is 265 g/mol. The van der Waals surface area contributed by atoms with E-state index in [1.54, 1.807) is 12.1 Å². The van der Waals surface area contributed by atoms with Crippen molar-refractivity contribution >= 4 is 13.8 Å². The van der Waals surface area contributed by atoms with Gasteiger partial charge in [-0.05, 0) is 12.1 Å². The Morgan fingerprint density at radius 3 is 2.67 bits per heavy atom. The summed E-state index contributed by atoms with van der Waals surface area (Å²) >= 11 is 0. The van der Waals surface area contributed by atoms with Gasteiger partial charge in [-0.3, -0.25) is 10.1 Å². The maximum atomic E-state index is 10.6. The lowest BCUT2D eigenvalue weighted by atomic mass is 10.3. The first kappa shape index (κ1) is 14.4. The molecule has 0 spiro atoms. The Morgan fingerprint density at radius 1 is 1.33 bits per heavy atom. The summed E-state index contributed by atoms with van der Waals surface area (Å²) in [6.07, 6.45) is 4.10. The second-order valence-electron chi connectivity index (χ2n) is 5.30. The van der Waals surface area contributed by atoms with Gasteiger partial charge in [0.15, 0.2) is 0 Å². The summed E-state index contributed by atoms with van der Waals surface area (Å²) in [6.45, 7) is 7.36. The molecule has 5 heteroatoms. The molecule has 0 fully saturated rings. The molecule has 0 radical (unpaired) electrons. The summed E-state index contributed by atoms with van der Waals surface area (Å²) in [7, 11) is -1.04. The van der Waals surface area contributed by atoms with Crippen molar-refractivity contribution in [3.63, 3.8) is 0 Å². The molecule has 0 aliphatic carbocycles. The number of nitro benzene ring substituents is 1. The first-order valence-electron chi connectivity index (χ1n) is 5.91. The highest BCUT2D eigenvalue weighted by atomic mass is 28.3. The zero-order valence-electron chi connectivity index (χ0n) is 11.1. The number of hydrogen-bond donors (Lipinski definition) is 0. The van der Waals surface area contributed by atoms with Crippen molar-refractivity contribution in [3.05, 3.63) is 46.5 Å². The van der Waals surface area contributed by atoms with Crippen molar-refractivity contribution in [3.8, 4) is 5.75 Å². The summed E-state index contributed by atoms with van der Waals surface area (Å²) in [4.78, 5) is 10.2. The fourth-order valence-electron chi connectivity index (χ4n) is 1.34. The SMILES string of the molecule is C[Si](C)(C)CC=CCOc1cccc([N+](=O)[O-])c1. The van der Waals surface area contributed by atoms with E-state index in [-0.39, 0.29) is 5.69 Å². The third-order valence-corrected chi connectivity index (χ3v) is 3.73. The number of non-ortho nitro benzene ring substituents is 1. The van der Waals surface area contributed by atoms with E-state index in [9.17, 15) is 10.1 Å².